The Morgan fingerprint density at radius 2 is 1.88 bits per heavy atom. The van der Waals surface area contributed by atoms with Crippen LogP contribution in [0.25, 0.3) is 0 Å². The van der Waals surface area contributed by atoms with Crippen molar-refractivity contribution in [1.82, 2.24) is 0 Å². The van der Waals surface area contributed by atoms with Crippen molar-refractivity contribution in [3.8, 4) is 12.3 Å². The van der Waals surface area contributed by atoms with Crippen LogP contribution in [0.1, 0.15) is 0 Å². The highest BCUT2D eigenvalue weighted by Gasteiger charge is 2.34. The lowest BCUT2D eigenvalue weighted by atomic mass is 10.3. The van der Waals surface area contributed by atoms with E-state index >= 15 is 0 Å². The summed E-state index contributed by atoms with van der Waals surface area (Å²) in [6, 6.07) is -2.12. The lowest BCUT2D eigenvalue weighted by Gasteiger charge is -2.07. The van der Waals surface area contributed by atoms with Gasteiger partial charge in [0.15, 0.2) is 6.04 Å². The van der Waals surface area contributed by atoms with Gasteiger partial charge in [0.25, 0.3) is 0 Å². The molecule has 0 aromatic carbocycles. The van der Waals surface area contributed by atoms with Gasteiger partial charge in [0.1, 0.15) is 0 Å². The molecule has 0 radical (unpaired) electrons. The van der Waals surface area contributed by atoms with Gasteiger partial charge in [-0.2, -0.15) is 13.2 Å². The third kappa shape index (κ3) is 1.85. The van der Waals surface area contributed by atoms with Crippen molar-refractivity contribution >= 4 is 0 Å². The Morgan fingerprint density at radius 3 is 1.88 bits per heavy atom. The Balaban J connectivity index is 3.87. The molecule has 8 heavy (non-hydrogen) atoms. The first-order valence-corrected chi connectivity index (χ1v) is 1.77. The Morgan fingerprint density at radius 1 is 1.50 bits per heavy atom. The van der Waals surface area contributed by atoms with Crippen LogP contribution in [0.2, 0.25) is 0 Å². The summed E-state index contributed by atoms with van der Waals surface area (Å²) in [6.07, 6.45) is -0.0865. The largest absolute Gasteiger partial charge is 0.414 e. The molecule has 0 rings (SSSR count). The van der Waals surface area contributed by atoms with E-state index in [1.165, 1.54) is 5.92 Å². The van der Waals surface area contributed by atoms with E-state index in [1.807, 2.05) is 0 Å². The fourth-order valence-corrected chi connectivity index (χ4v) is 0.0945. The number of hydrogen-bond donors (Lipinski definition) is 1. The molecule has 0 aromatic rings. The predicted octanol–water partition coefficient (Wildman–Crippen LogP) is 0.509. The van der Waals surface area contributed by atoms with Crippen molar-refractivity contribution in [2.24, 2.45) is 5.73 Å². The van der Waals surface area contributed by atoms with Crippen LogP contribution in [0, 0.1) is 12.3 Å². The number of terminal acetylenes is 1. The zero-order valence-electron chi connectivity index (χ0n) is 3.87. The highest BCUT2D eigenvalue weighted by Crippen LogP contribution is 2.16. The van der Waals surface area contributed by atoms with Gasteiger partial charge < -0.3 is 5.73 Å². The molecule has 0 fully saturated rings. The first-order chi connectivity index (χ1) is 3.48. The topological polar surface area (TPSA) is 26.0 Å². The minimum Gasteiger partial charge on any atom is -0.310 e. The van der Waals surface area contributed by atoms with Crippen molar-refractivity contribution in [3.05, 3.63) is 0 Å². The molecular formula is C4H4F3N. The first kappa shape index (κ1) is 7.31. The van der Waals surface area contributed by atoms with Crippen molar-refractivity contribution in [2.45, 2.75) is 12.2 Å². The van der Waals surface area contributed by atoms with Crippen molar-refractivity contribution < 1.29 is 13.2 Å². The Kier molecular flexibility index (Phi) is 1.88. The Labute approximate surface area is 44.7 Å². The Bertz CT molecular complexity index is 109. The number of hydrogen-bond acceptors (Lipinski definition) is 1. The normalized spacial score (nSPS) is 14.9. The molecule has 0 saturated heterocycles. The first-order valence-electron chi connectivity index (χ1n) is 1.77. The van der Waals surface area contributed by atoms with Gasteiger partial charge in [-0.1, -0.05) is 5.92 Å². The highest BCUT2D eigenvalue weighted by molar-refractivity contribution is 5.00. The molecule has 1 atom stereocenters. The molecule has 0 amide bonds. The van der Waals surface area contributed by atoms with Gasteiger partial charge in [-0.05, 0) is 0 Å². The van der Waals surface area contributed by atoms with Crippen LogP contribution in [0.3, 0.4) is 0 Å². The summed E-state index contributed by atoms with van der Waals surface area (Å²) in [5.41, 5.74) is 4.39. The zero-order chi connectivity index (χ0) is 6.78. The minimum absolute atomic E-state index is 1.36. The number of alkyl halides is 3. The second-order valence-corrected chi connectivity index (χ2v) is 1.19. The molecule has 46 valence electrons. The minimum atomic E-state index is -4.45. The number of rotatable bonds is 0. The number of nitrogens with two attached hydrogens (primary N) is 1. The van der Waals surface area contributed by atoms with Gasteiger partial charge >= 0.3 is 6.18 Å². The average molecular weight is 123 g/mol. The molecule has 1 nitrogen and oxygen atoms in total. The summed E-state index contributed by atoms with van der Waals surface area (Å²) in [5.74, 6) is 1.36. The smallest absolute Gasteiger partial charge is 0.310 e. The summed E-state index contributed by atoms with van der Waals surface area (Å²) >= 11 is 0. The molecule has 0 aliphatic heterocycles. The van der Waals surface area contributed by atoms with E-state index in [2.05, 4.69) is 12.2 Å². The summed E-state index contributed by atoms with van der Waals surface area (Å²) in [4.78, 5) is 0. The third-order valence-corrected chi connectivity index (χ3v) is 0.532. The fourth-order valence-electron chi connectivity index (χ4n) is 0.0945. The van der Waals surface area contributed by atoms with E-state index in [1.54, 1.807) is 0 Å². The van der Waals surface area contributed by atoms with Crippen molar-refractivity contribution in [3.63, 3.8) is 0 Å². The summed E-state index contributed by atoms with van der Waals surface area (Å²) in [5, 5.41) is 0. The summed E-state index contributed by atoms with van der Waals surface area (Å²) in [6.45, 7) is 0. The standard InChI is InChI=1S/C4H4F3N/c1-2-3(8)4(5,6)7/h1,3H,8H2/t3-/m0/s1. The van der Waals surface area contributed by atoms with Gasteiger partial charge in [0.05, 0.1) is 0 Å². The molecule has 0 aliphatic carbocycles. The van der Waals surface area contributed by atoms with Crippen LogP contribution in [-0.4, -0.2) is 12.2 Å². The van der Waals surface area contributed by atoms with Crippen LogP contribution in [0.4, 0.5) is 13.2 Å². The van der Waals surface area contributed by atoms with Crippen LogP contribution >= 0.6 is 0 Å². The molecule has 0 saturated carbocycles. The lowest BCUT2D eigenvalue weighted by Crippen LogP contribution is -2.35. The lowest BCUT2D eigenvalue weighted by molar-refractivity contribution is -0.134. The molecule has 0 aliphatic rings. The van der Waals surface area contributed by atoms with Gasteiger partial charge in [-0.25, -0.2) is 0 Å². The van der Waals surface area contributed by atoms with Crippen molar-refractivity contribution in [1.29, 1.82) is 0 Å². The maximum absolute atomic E-state index is 11.2. The van der Waals surface area contributed by atoms with Gasteiger partial charge in [-0.3, -0.25) is 0 Å². The summed E-state index contributed by atoms with van der Waals surface area (Å²) in [7, 11) is 0. The molecule has 4 heteroatoms. The van der Waals surface area contributed by atoms with Crippen LogP contribution in [0.15, 0.2) is 0 Å². The summed E-state index contributed by atoms with van der Waals surface area (Å²) < 4.78 is 33.5. The van der Waals surface area contributed by atoms with Gasteiger partial charge in [-0.15, -0.1) is 6.42 Å². The molecular weight excluding hydrogens is 119 g/mol. The van der Waals surface area contributed by atoms with E-state index in [0.29, 0.717) is 0 Å². The molecule has 0 unspecified atom stereocenters. The van der Waals surface area contributed by atoms with Crippen LogP contribution < -0.4 is 5.73 Å². The maximum Gasteiger partial charge on any atom is 0.414 e. The molecule has 0 heterocycles. The van der Waals surface area contributed by atoms with Crippen LogP contribution in [-0.2, 0) is 0 Å². The van der Waals surface area contributed by atoms with E-state index in [4.69, 9.17) is 0 Å². The SMILES string of the molecule is C#C[C@H](N)C(F)(F)F. The molecule has 2 N–H and O–H groups in total. The molecule has 0 aromatic heterocycles. The monoisotopic (exact) mass is 123 g/mol. The fraction of sp³-hybridized carbons (Fsp3) is 0.500. The highest BCUT2D eigenvalue weighted by atomic mass is 19.4. The van der Waals surface area contributed by atoms with Gasteiger partial charge in [0.2, 0.25) is 0 Å². The zero-order valence-corrected chi connectivity index (χ0v) is 3.87. The van der Waals surface area contributed by atoms with E-state index in [0.717, 1.165) is 0 Å². The van der Waals surface area contributed by atoms with Crippen LogP contribution in [0.5, 0.6) is 0 Å². The molecule has 0 spiro atoms. The quantitative estimate of drug-likeness (QED) is 0.466. The van der Waals surface area contributed by atoms with E-state index in [9.17, 15) is 13.2 Å². The number of halogens is 3. The molecule has 0 bridgehead atoms. The second kappa shape index (κ2) is 2.05. The van der Waals surface area contributed by atoms with Gasteiger partial charge in [0, 0.05) is 0 Å². The average Bonchev–Trinajstić information content (AvgIpc) is 1.62. The maximum atomic E-state index is 11.2. The van der Waals surface area contributed by atoms with Crippen molar-refractivity contribution in [2.75, 3.05) is 0 Å². The Hall–Kier alpha value is -0.690. The van der Waals surface area contributed by atoms with E-state index < -0.39 is 12.2 Å². The second-order valence-electron chi connectivity index (χ2n) is 1.19. The van der Waals surface area contributed by atoms with E-state index in [-0.39, 0.29) is 0 Å². The predicted molar refractivity (Wildman–Crippen MR) is 22.9 cm³/mol. The third-order valence-electron chi connectivity index (χ3n) is 0.532.